The van der Waals surface area contributed by atoms with Crippen molar-refractivity contribution in [2.45, 2.75) is 12.5 Å². The number of rotatable bonds is 5. The van der Waals surface area contributed by atoms with Gasteiger partial charge in [-0.15, -0.1) is 0 Å². The predicted molar refractivity (Wildman–Crippen MR) is 108 cm³/mol. The molecule has 146 valence electrons. The van der Waals surface area contributed by atoms with Crippen LogP contribution in [0.3, 0.4) is 0 Å². The number of fused-ring (bicyclic) bond motifs is 1. The Morgan fingerprint density at radius 1 is 1.25 bits per heavy atom. The van der Waals surface area contributed by atoms with E-state index < -0.39 is 5.82 Å². The number of hydrogen-bond acceptors (Lipinski definition) is 6. The minimum Gasteiger partial charge on any atom is -0.486 e. The van der Waals surface area contributed by atoms with Gasteiger partial charge in [0.15, 0.2) is 0 Å². The van der Waals surface area contributed by atoms with Gasteiger partial charge >= 0.3 is 0 Å². The lowest BCUT2D eigenvalue weighted by atomic mass is 10.1. The summed E-state index contributed by atoms with van der Waals surface area (Å²) in [4.78, 5) is 10.7. The summed E-state index contributed by atoms with van der Waals surface area (Å²) in [6.45, 7) is 1.30. The maximum absolute atomic E-state index is 13.4. The Hall–Kier alpha value is -2.64. The molecule has 1 aliphatic rings. The number of nitrogens with one attached hydrogen (secondary N) is 1. The Balaban J connectivity index is 1.73. The van der Waals surface area contributed by atoms with E-state index in [4.69, 9.17) is 21.1 Å². The third kappa shape index (κ3) is 3.81. The normalized spacial score (nSPS) is 16.4. The average molecular weight is 403 g/mol. The average Bonchev–Trinajstić information content (AvgIpc) is 3.17. The highest BCUT2D eigenvalue weighted by Gasteiger charge is 2.20. The van der Waals surface area contributed by atoms with Gasteiger partial charge in [-0.3, -0.25) is 0 Å². The van der Waals surface area contributed by atoms with E-state index in [1.54, 1.807) is 6.07 Å². The lowest BCUT2D eigenvalue weighted by molar-refractivity contribution is 0.142. The van der Waals surface area contributed by atoms with Crippen LogP contribution in [-0.4, -0.2) is 43.4 Å². The van der Waals surface area contributed by atoms with Crippen LogP contribution in [0.4, 0.5) is 21.6 Å². The number of nitrogens with zero attached hydrogens (tertiary/aromatic N) is 3. The fourth-order valence-corrected chi connectivity index (χ4v) is 3.29. The van der Waals surface area contributed by atoms with Crippen molar-refractivity contribution >= 4 is 39.7 Å². The quantitative estimate of drug-likeness (QED) is 0.682. The molecule has 28 heavy (non-hydrogen) atoms. The molecule has 1 saturated heterocycles. The zero-order valence-electron chi connectivity index (χ0n) is 15.6. The van der Waals surface area contributed by atoms with Gasteiger partial charge in [-0.05, 0) is 24.3 Å². The Morgan fingerprint density at radius 2 is 2.11 bits per heavy atom. The summed E-state index contributed by atoms with van der Waals surface area (Å²) in [5, 5.41) is 4.06. The van der Waals surface area contributed by atoms with Crippen LogP contribution < -0.4 is 15.0 Å². The Kier molecular flexibility index (Phi) is 5.19. The van der Waals surface area contributed by atoms with Gasteiger partial charge in [-0.1, -0.05) is 11.6 Å². The molecule has 0 saturated carbocycles. The fourth-order valence-electron chi connectivity index (χ4n) is 3.11. The van der Waals surface area contributed by atoms with Crippen LogP contribution in [-0.2, 0) is 4.74 Å². The largest absolute Gasteiger partial charge is 0.486 e. The van der Waals surface area contributed by atoms with Gasteiger partial charge in [0.25, 0.3) is 0 Å². The van der Waals surface area contributed by atoms with Gasteiger partial charge in [0.2, 0.25) is 0 Å². The number of halogens is 2. The molecule has 4 rings (SSSR count). The zero-order chi connectivity index (χ0) is 19.7. The first-order chi connectivity index (χ1) is 13.5. The summed E-state index contributed by atoms with van der Waals surface area (Å²) in [6, 6.07) is 8.34. The van der Waals surface area contributed by atoms with Crippen LogP contribution in [0.2, 0.25) is 5.02 Å². The third-order valence-electron chi connectivity index (χ3n) is 4.56. The number of ether oxygens (including phenoxy) is 2. The van der Waals surface area contributed by atoms with Crippen molar-refractivity contribution in [2.75, 3.05) is 37.5 Å². The minimum atomic E-state index is -0.465. The van der Waals surface area contributed by atoms with Gasteiger partial charge in [-0.2, -0.15) is 0 Å². The van der Waals surface area contributed by atoms with E-state index in [1.165, 1.54) is 18.5 Å². The van der Waals surface area contributed by atoms with E-state index in [0.29, 0.717) is 24.7 Å². The van der Waals surface area contributed by atoms with Crippen molar-refractivity contribution in [1.82, 2.24) is 9.97 Å². The monoisotopic (exact) mass is 402 g/mol. The first-order valence-electron chi connectivity index (χ1n) is 8.94. The zero-order valence-corrected chi connectivity index (χ0v) is 16.3. The van der Waals surface area contributed by atoms with Crippen molar-refractivity contribution in [3.63, 3.8) is 0 Å². The number of hydrogen-bond donors (Lipinski definition) is 1. The summed E-state index contributed by atoms with van der Waals surface area (Å²) < 4.78 is 25.0. The minimum absolute atomic E-state index is 0.0388. The SMILES string of the molecule is CN(C)c1cc2c(Nc3ccc(F)c(Cl)c3)ncnc2cc1O[C@H]1CCOC1. The molecule has 1 fully saturated rings. The van der Waals surface area contributed by atoms with E-state index >= 15 is 0 Å². The van der Waals surface area contributed by atoms with Gasteiger partial charge in [0.1, 0.15) is 29.8 Å². The molecule has 1 N–H and O–H groups in total. The van der Waals surface area contributed by atoms with Gasteiger partial charge in [0.05, 0.1) is 29.4 Å². The van der Waals surface area contributed by atoms with Crippen molar-refractivity contribution < 1.29 is 13.9 Å². The molecule has 1 aromatic heterocycles. The molecule has 1 atom stereocenters. The standard InChI is InChI=1S/C20H20ClFN4O2/c1-26(2)18-8-14-17(9-19(18)28-13-5-6-27-10-13)23-11-24-20(14)25-12-3-4-16(22)15(21)7-12/h3-4,7-9,11,13H,5-6,10H2,1-2H3,(H,23,24,25)/t13-/m0/s1. The molecule has 3 aromatic rings. The van der Waals surface area contributed by atoms with E-state index in [1.807, 2.05) is 31.1 Å². The highest BCUT2D eigenvalue weighted by molar-refractivity contribution is 6.31. The number of benzene rings is 2. The van der Waals surface area contributed by atoms with E-state index in [2.05, 4.69) is 15.3 Å². The van der Waals surface area contributed by atoms with Gasteiger partial charge in [-0.25, -0.2) is 14.4 Å². The van der Waals surface area contributed by atoms with Crippen LogP contribution in [0.1, 0.15) is 6.42 Å². The second-order valence-electron chi connectivity index (χ2n) is 6.81. The first kappa shape index (κ1) is 18.7. The molecule has 6 nitrogen and oxygen atoms in total. The second kappa shape index (κ2) is 7.77. The molecule has 2 aromatic carbocycles. The van der Waals surface area contributed by atoms with Gasteiger partial charge in [0, 0.05) is 37.7 Å². The van der Waals surface area contributed by atoms with Crippen LogP contribution in [0.25, 0.3) is 10.9 Å². The Bertz CT molecular complexity index is 1010. The topological polar surface area (TPSA) is 59.5 Å². The third-order valence-corrected chi connectivity index (χ3v) is 4.85. The summed E-state index contributed by atoms with van der Waals surface area (Å²) in [5.41, 5.74) is 2.29. The maximum atomic E-state index is 13.4. The number of aromatic nitrogens is 2. The summed E-state index contributed by atoms with van der Waals surface area (Å²) in [5.74, 6) is 0.890. The Labute approximate surface area is 167 Å². The van der Waals surface area contributed by atoms with Crippen molar-refractivity contribution in [1.29, 1.82) is 0 Å². The van der Waals surface area contributed by atoms with Crippen molar-refractivity contribution in [2.24, 2.45) is 0 Å². The van der Waals surface area contributed by atoms with Crippen molar-refractivity contribution in [3.05, 3.63) is 47.5 Å². The van der Waals surface area contributed by atoms with E-state index in [0.717, 1.165) is 28.8 Å². The van der Waals surface area contributed by atoms with Crippen molar-refractivity contribution in [3.8, 4) is 5.75 Å². The molecule has 0 radical (unpaired) electrons. The maximum Gasteiger partial charge on any atom is 0.145 e. The van der Waals surface area contributed by atoms with E-state index in [9.17, 15) is 4.39 Å². The van der Waals surface area contributed by atoms with E-state index in [-0.39, 0.29) is 11.1 Å². The number of anilines is 3. The lowest BCUT2D eigenvalue weighted by Gasteiger charge is -2.21. The highest BCUT2D eigenvalue weighted by atomic mass is 35.5. The summed E-state index contributed by atoms with van der Waals surface area (Å²) in [7, 11) is 3.91. The molecule has 0 bridgehead atoms. The molecule has 0 unspecified atom stereocenters. The second-order valence-corrected chi connectivity index (χ2v) is 7.22. The van der Waals surface area contributed by atoms with Crippen LogP contribution in [0, 0.1) is 5.82 Å². The van der Waals surface area contributed by atoms with Gasteiger partial charge < -0.3 is 19.7 Å². The smallest absolute Gasteiger partial charge is 0.145 e. The molecular formula is C20H20ClFN4O2. The molecule has 2 heterocycles. The fraction of sp³-hybridized carbons (Fsp3) is 0.300. The Morgan fingerprint density at radius 3 is 2.82 bits per heavy atom. The molecule has 1 aliphatic heterocycles. The molecular weight excluding hydrogens is 383 g/mol. The van der Waals surface area contributed by atoms with Crippen LogP contribution in [0.5, 0.6) is 5.75 Å². The summed E-state index contributed by atoms with van der Waals surface area (Å²) in [6.07, 6.45) is 2.39. The molecule has 0 spiro atoms. The van der Waals surface area contributed by atoms with Crippen LogP contribution >= 0.6 is 11.6 Å². The molecule has 0 aliphatic carbocycles. The summed E-state index contributed by atoms with van der Waals surface area (Å²) >= 11 is 5.89. The van der Waals surface area contributed by atoms with Crippen LogP contribution in [0.15, 0.2) is 36.7 Å². The molecule has 0 amide bonds. The predicted octanol–water partition coefficient (Wildman–Crippen LogP) is 4.40. The lowest BCUT2D eigenvalue weighted by Crippen LogP contribution is -2.18. The first-order valence-corrected chi connectivity index (χ1v) is 9.31. The highest BCUT2D eigenvalue weighted by Crippen LogP contribution is 2.36. The molecule has 8 heteroatoms.